The molecule has 0 unspecified atom stereocenters. The number of carboxylic acids is 1. The van der Waals surface area contributed by atoms with Gasteiger partial charge < -0.3 is 24.3 Å². The van der Waals surface area contributed by atoms with Crippen LogP contribution in [-0.2, 0) is 24.2 Å². The second-order valence-corrected chi connectivity index (χ2v) is 9.10. The molecule has 0 aliphatic carbocycles. The largest absolute Gasteiger partial charge is 0.495 e. The lowest BCUT2D eigenvalue weighted by molar-refractivity contribution is -0.136. The number of benzene rings is 2. The van der Waals surface area contributed by atoms with Gasteiger partial charge in [-0.25, -0.2) is 4.98 Å². The molecule has 0 aliphatic heterocycles. The number of carboxylic acid groups (broad SMARTS) is 1. The minimum atomic E-state index is -0.863. The lowest BCUT2D eigenvalue weighted by atomic mass is 10.1. The van der Waals surface area contributed by atoms with Crippen LogP contribution in [0.3, 0.4) is 0 Å². The number of thiophene rings is 1. The lowest BCUT2D eigenvalue weighted by Gasteiger charge is -2.14. The summed E-state index contributed by atoms with van der Waals surface area (Å²) in [4.78, 5) is 28.3. The van der Waals surface area contributed by atoms with Gasteiger partial charge in [-0.1, -0.05) is 30.3 Å². The van der Waals surface area contributed by atoms with Gasteiger partial charge >= 0.3 is 5.97 Å². The number of nitrogens with zero attached hydrogens (tertiary/aromatic N) is 1. The Morgan fingerprint density at radius 3 is 2.65 bits per heavy atom. The van der Waals surface area contributed by atoms with Crippen LogP contribution >= 0.6 is 11.3 Å². The number of ether oxygens (including phenoxy) is 2. The van der Waals surface area contributed by atoms with Crippen molar-refractivity contribution in [1.82, 2.24) is 10.3 Å². The number of hydrogen-bond acceptors (Lipinski definition) is 7. The molecule has 4 rings (SSSR count). The summed E-state index contributed by atoms with van der Waals surface area (Å²) in [5, 5.41) is 15.5. The third-order valence-electron chi connectivity index (χ3n) is 5.79. The van der Waals surface area contributed by atoms with E-state index in [-0.39, 0.29) is 18.9 Å². The second-order valence-electron chi connectivity index (χ2n) is 8.36. The molecular formula is C28H28N2O6S. The van der Waals surface area contributed by atoms with Gasteiger partial charge in [0.1, 0.15) is 17.3 Å². The summed E-state index contributed by atoms with van der Waals surface area (Å²) >= 11 is 1.39. The Morgan fingerprint density at radius 2 is 1.89 bits per heavy atom. The standard InChI is InChI=1S/C28H28N2O6S/c1-18-23(30-28(36-18)20-6-4-3-5-7-20)12-13-35-24-10-8-19(9-11-26(31)32)14-21(24)15-29-27(33)22-16-37-17-25(22)34-2/h3-8,10,14,16-17H,9,11-13,15H2,1-2H3,(H,29,33)(H,31,32). The van der Waals surface area contributed by atoms with E-state index in [1.807, 2.05) is 55.5 Å². The van der Waals surface area contributed by atoms with Gasteiger partial charge in [0.2, 0.25) is 5.89 Å². The van der Waals surface area contributed by atoms with Crippen LogP contribution < -0.4 is 14.8 Å². The lowest BCUT2D eigenvalue weighted by Crippen LogP contribution is -2.23. The molecule has 8 nitrogen and oxygen atoms in total. The fraction of sp³-hybridized carbons (Fsp3) is 0.250. The number of amides is 1. The van der Waals surface area contributed by atoms with Crippen LogP contribution in [0.4, 0.5) is 0 Å². The minimum absolute atomic E-state index is 0.0211. The first-order valence-electron chi connectivity index (χ1n) is 11.8. The third kappa shape index (κ3) is 6.77. The zero-order chi connectivity index (χ0) is 26.2. The molecule has 9 heteroatoms. The molecule has 0 spiro atoms. The van der Waals surface area contributed by atoms with Crippen LogP contribution in [-0.4, -0.2) is 35.7 Å². The van der Waals surface area contributed by atoms with Crippen molar-refractivity contribution in [3.63, 3.8) is 0 Å². The number of aromatic nitrogens is 1. The Hall–Kier alpha value is -4.11. The summed E-state index contributed by atoms with van der Waals surface area (Å²) in [5.41, 5.74) is 3.80. The third-order valence-corrected chi connectivity index (χ3v) is 6.51. The van der Waals surface area contributed by atoms with Gasteiger partial charge in [0.25, 0.3) is 5.91 Å². The number of carbonyl (C=O) groups is 2. The molecule has 0 fully saturated rings. The molecule has 0 bridgehead atoms. The van der Waals surface area contributed by atoms with Gasteiger partial charge in [0.15, 0.2) is 0 Å². The molecule has 2 N–H and O–H groups in total. The number of rotatable bonds is 12. The van der Waals surface area contributed by atoms with E-state index in [2.05, 4.69) is 10.3 Å². The predicted molar refractivity (Wildman–Crippen MR) is 140 cm³/mol. The van der Waals surface area contributed by atoms with Crippen LogP contribution in [0, 0.1) is 6.92 Å². The molecule has 2 aromatic heterocycles. The van der Waals surface area contributed by atoms with E-state index in [0.717, 1.165) is 28.1 Å². The van der Waals surface area contributed by atoms with Gasteiger partial charge in [-0.3, -0.25) is 9.59 Å². The number of oxazole rings is 1. The van der Waals surface area contributed by atoms with Crippen molar-refractivity contribution in [2.45, 2.75) is 32.7 Å². The van der Waals surface area contributed by atoms with Crippen LogP contribution in [0.25, 0.3) is 11.5 Å². The maximum Gasteiger partial charge on any atom is 0.303 e. The highest BCUT2D eigenvalue weighted by Gasteiger charge is 2.16. The molecule has 4 aromatic rings. The highest BCUT2D eigenvalue weighted by molar-refractivity contribution is 7.08. The number of nitrogens with one attached hydrogen (secondary N) is 1. The first-order chi connectivity index (χ1) is 17.9. The van der Waals surface area contributed by atoms with Gasteiger partial charge in [-0.2, -0.15) is 0 Å². The summed E-state index contributed by atoms with van der Waals surface area (Å²) in [7, 11) is 1.52. The molecule has 0 saturated heterocycles. The van der Waals surface area contributed by atoms with Gasteiger partial charge in [0, 0.05) is 41.3 Å². The summed E-state index contributed by atoms with van der Waals surface area (Å²) in [6, 6.07) is 15.2. The molecule has 0 atom stereocenters. The van der Waals surface area contributed by atoms with Gasteiger partial charge in [-0.15, -0.1) is 11.3 Å². The zero-order valence-electron chi connectivity index (χ0n) is 20.7. The highest BCUT2D eigenvalue weighted by Crippen LogP contribution is 2.26. The molecular weight excluding hydrogens is 492 g/mol. The van der Waals surface area contributed by atoms with E-state index in [4.69, 9.17) is 19.0 Å². The van der Waals surface area contributed by atoms with E-state index >= 15 is 0 Å². The molecule has 37 heavy (non-hydrogen) atoms. The van der Waals surface area contributed by atoms with Crippen molar-refractivity contribution in [2.75, 3.05) is 13.7 Å². The van der Waals surface area contributed by atoms with Crippen LogP contribution in [0.2, 0.25) is 0 Å². The maximum absolute atomic E-state index is 12.7. The van der Waals surface area contributed by atoms with Crippen LogP contribution in [0.15, 0.2) is 63.7 Å². The maximum atomic E-state index is 12.7. The van der Waals surface area contributed by atoms with E-state index in [9.17, 15) is 9.59 Å². The normalized spacial score (nSPS) is 10.8. The predicted octanol–water partition coefficient (Wildman–Crippen LogP) is 5.29. The molecule has 1 amide bonds. The van der Waals surface area contributed by atoms with E-state index in [1.165, 1.54) is 18.4 Å². The Bertz CT molecular complexity index is 1360. The van der Waals surface area contributed by atoms with Gasteiger partial charge in [-0.05, 0) is 37.1 Å². The second kappa shape index (κ2) is 12.2. The summed E-state index contributed by atoms with van der Waals surface area (Å²) in [6.45, 7) is 2.45. The van der Waals surface area contributed by atoms with Gasteiger partial charge in [0.05, 0.1) is 25.0 Å². The van der Waals surface area contributed by atoms with Crippen molar-refractivity contribution in [3.05, 3.63) is 87.4 Å². The molecule has 0 aliphatic rings. The Kier molecular flexibility index (Phi) is 8.58. The fourth-order valence-electron chi connectivity index (χ4n) is 3.82. The van der Waals surface area contributed by atoms with E-state index in [1.54, 1.807) is 10.8 Å². The number of methoxy groups -OCH3 is 1. The Morgan fingerprint density at radius 1 is 1.08 bits per heavy atom. The minimum Gasteiger partial charge on any atom is -0.495 e. The SMILES string of the molecule is COc1cscc1C(=O)NCc1cc(CCC(=O)O)ccc1OCCc1nc(-c2ccccc2)oc1C. The summed E-state index contributed by atoms with van der Waals surface area (Å²) in [5.74, 6) is 1.32. The summed E-state index contributed by atoms with van der Waals surface area (Å²) in [6.07, 6.45) is 0.948. The molecule has 0 saturated carbocycles. The van der Waals surface area contributed by atoms with Crippen molar-refractivity contribution < 1.29 is 28.6 Å². The average molecular weight is 521 g/mol. The monoisotopic (exact) mass is 520 g/mol. The quantitative estimate of drug-likeness (QED) is 0.261. The van der Waals surface area contributed by atoms with Crippen molar-refractivity contribution in [1.29, 1.82) is 0 Å². The topological polar surface area (TPSA) is 111 Å². The average Bonchev–Trinajstić information content (AvgIpc) is 3.54. The van der Waals surface area contributed by atoms with Crippen molar-refractivity contribution in [2.24, 2.45) is 0 Å². The molecule has 192 valence electrons. The number of hydrogen-bond donors (Lipinski definition) is 2. The first kappa shape index (κ1) is 26.0. The highest BCUT2D eigenvalue weighted by atomic mass is 32.1. The Labute approximate surface area is 218 Å². The van der Waals surface area contributed by atoms with Crippen molar-refractivity contribution in [3.8, 4) is 23.0 Å². The molecule has 2 heterocycles. The molecule has 0 radical (unpaired) electrons. The van der Waals surface area contributed by atoms with Crippen LogP contribution in [0.5, 0.6) is 11.5 Å². The summed E-state index contributed by atoms with van der Waals surface area (Å²) < 4.78 is 17.2. The molecule has 2 aromatic carbocycles. The fourth-order valence-corrected chi connectivity index (χ4v) is 4.59. The number of aliphatic carboxylic acids is 1. The smallest absolute Gasteiger partial charge is 0.303 e. The number of carbonyl (C=O) groups excluding carboxylic acids is 1. The number of aryl methyl sites for hydroxylation is 2. The Balaban J connectivity index is 1.44. The van der Waals surface area contributed by atoms with Crippen LogP contribution in [0.1, 0.15) is 39.4 Å². The van der Waals surface area contributed by atoms with Crippen molar-refractivity contribution >= 4 is 23.2 Å². The zero-order valence-corrected chi connectivity index (χ0v) is 21.5. The van der Waals surface area contributed by atoms with E-state index in [0.29, 0.717) is 42.4 Å². The van der Waals surface area contributed by atoms with E-state index < -0.39 is 5.97 Å². The first-order valence-corrected chi connectivity index (χ1v) is 12.8.